The van der Waals surface area contributed by atoms with E-state index < -0.39 is 0 Å². The molecule has 0 aliphatic carbocycles. The van der Waals surface area contributed by atoms with Crippen LogP contribution >= 0.6 is 15.9 Å². The van der Waals surface area contributed by atoms with E-state index in [1.54, 1.807) is 4.68 Å². The molecule has 1 N–H and O–H groups in total. The standard InChI is InChI=1S/C13H19BrN6/c1-6-15-13-8(4)9(16-12(17-13)7(2)3)10-11(14)18-19-20(10)5/h7H,6H2,1-5H3,(H,15,16,17). The van der Waals surface area contributed by atoms with Crippen molar-refractivity contribution in [3.8, 4) is 11.4 Å². The highest BCUT2D eigenvalue weighted by Crippen LogP contribution is 2.30. The van der Waals surface area contributed by atoms with Crippen molar-refractivity contribution in [1.82, 2.24) is 25.0 Å². The van der Waals surface area contributed by atoms with Crippen LogP contribution in [0.15, 0.2) is 4.60 Å². The van der Waals surface area contributed by atoms with Gasteiger partial charge in [0.15, 0.2) is 4.60 Å². The molecule has 0 bridgehead atoms. The van der Waals surface area contributed by atoms with Crippen LogP contribution < -0.4 is 5.32 Å². The van der Waals surface area contributed by atoms with Gasteiger partial charge in [0.1, 0.15) is 17.3 Å². The van der Waals surface area contributed by atoms with Crippen LogP contribution in [0.4, 0.5) is 5.82 Å². The van der Waals surface area contributed by atoms with E-state index in [0.29, 0.717) is 4.60 Å². The van der Waals surface area contributed by atoms with Crippen LogP contribution in [-0.4, -0.2) is 31.5 Å². The Morgan fingerprint density at radius 1 is 1.30 bits per heavy atom. The van der Waals surface area contributed by atoms with Gasteiger partial charge in [0.2, 0.25) is 0 Å². The lowest BCUT2D eigenvalue weighted by atomic mass is 10.1. The van der Waals surface area contributed by atoms with Crippen LogP contribution in [0.5, 0.6) is 0 Å². The minimum atomic E-state index is 0.256. The third-order valence-electron chi connectivity index (χ3n) is 3.03. The van der Waals surface area contributed by atoms with Crippen molar-refractivity contribution in [3.05, 3.63) is 16.0 Å². The van der Waals surface area contributed by atoms with E-state index >= 15 is 0 Å². The van der Waals surface area contributed by atoms with E-state index in [2.05, 4.69) is 57.3 Å². The summed E-state index contributed by atoms with van der Waals surface area (Å²) in [6.07, 6.45) is 0. The second kappa shape index (κ2) is 5.87. The molecule has 2 aromatic rings. The highest BCUT2D eigenvalue weighted by Gasteiger charge is 2.19. The fourth-order valence-corrected chi connectivity index (χ4v) is 2.46. The smallest absolute Gasteiger partial charge is 0.157 e. The molecule has 0 radical (unpaired) electrons. The topological polar surface area (TPSA) is 68.5 Å². The highest BCUT2D eigenvalue weighted by atomic mass is 79.9. The van der Waals surface area contributed by atoms with Crippen LogP contribution in [0, 0.1) is 6.92 Å². The number of aryl methyl sites for hydroxylation is 1. The molecule has 0 amide bonds. The monoisotopic (exact) mass is 338 g/mol. The Bertz CT molecular complexity index is 600. The molecule has 0 fully saturated rings. The van der Waals surface area contributed by atoms with Crippen LogP contribution in [-0.2, 0) is 7.05 Å². The minimum absolute atomic E-state index is 0.256. The Hall–Kier alpha value is -1.50. The molecule has 0 atom stereocenters. The molecular weight excluding hydrogens is 320 g/mol. The number of nitrogens with one attached hydrogen (secondary N) is 1. The van der Waals surface area contributed by atoms with Gasteiger partial charge in [-0.15, -0.1) is 5.10 Å². The van der Waals surface area contributed by atoms with Gasteiger partial charge in [0.25, 0.3) is 0 Å². The van der Waals surface area contributed by atoms with Crippen LogP contribution in [0.25, 0.3) is 11.4 Å². The molecule has 0 saturated heterocycles. The molecule has 2 heterocycles. The Morgan fingerprint density at radius 3 is 2.50 bits per heavy atom. The van der Waals surface area contributed by atoms with Crippen molar-refractivity contribution in [1.29, 1.82) is 0 Å². The van der Waals surface area contributed by atoms with Gasteiger partial charge in [-0.05, 0) is 29.8 Å². The van der Waals surface area contributed by atoms with Gasteiger partial charge in [-0.2, -0.15) is 0 Å². The Morgan fingerprint density at radius 2 is 2.00 bits per heavy atom. The maximum absolute atomic E-state index is 4.70. The summed E-state index contributed by atoms with van der Waals surface area (Å²) in [5.74, 6) is 1.94. The molecule has 0 spiro atoms. The first-order valence-corrected chi connectivity index (χ1v) is 7.42. The molecule has 108 valence electrons. The molecule has 0 aliphatic heterocycles. The van der Waals surface area contributed by atoms with E-state index in [4.69, 9.17) is 4.98 Å². The predicted octanol–water partition coefficient (Wildman–Crippen LogP) is 2.90. The minimum Gasteiger partial charge on any atom is -0.370 e. The summed E-state index contributed by atoms with van der Waals surface area (Å²) in [7, 11) is 1.86. The van der Waals surface area contributed by atoms with Crippen molar-refractivity contribution in [3.63, 3.8) is 0 Å². The largest absolute Gasteiger partial charge is 0.370 e. The first-order valence-electron chi connectivity index (χ1n) is 6.63. The molecule has 6 nitrogen and oxygen atoms in total. The summed E-state index contributed by atoms with van der Waals surface area (Å²) in [6.45, 7) is 9.05. The van der Waals surface area contributed by atoms with Crippen LogP contribution in [0.1, 0.15) is 38.1 Å². The first-order chi connectivity index (χ1) is 9.45. The summed E-state index contributed by atoms with van der Waals surface area (Å²) in [5, 5.41) is 11.4. The molecule has 0 aliphatic rings. The second-order valence-corrected chi connectivity index (χ2v) is 5.69. The number of nitrogens with zero attached hydrogens (tertiary/aromatic N) is 5. The number of aromatic nitrogens is 5. The molecule has 0 aromatic carbocycles. The Kier molecular flexibility index (Phi) is 4.37. The van der Waals surface area contributed by atoms with E-state index in [9.17, 15) is 0 Å². The molecule has 2 rings (SSSR count). The average Bonchev–Trinajstić information content (AvgIpc) is 2.72. The summed E-state index contributed by atoms with van der Waals surface area (Å²) in [5.41, 5.74) is 2.73. The maximum Gasteiger partial charge on any atom is 0.157 e. The molecular formula is C13H19BrN6. The number of halogens is 1. The zero-order chi connectivity index (χ0) is 14.9. The van der Waals surface area contributed by atoms with Gasteiger partial charge < -0.3 is 5.32 Å². The fourth-order valence-electron chi connectivity index (χ4n) is 1.95. The van der Waals surface area contributed by atoms with Crippen LogP contribution in [0.2, 0.25) is 0 Å². The van der Waals surface area contributed by atoms with Crippen LogP contribution in [0.3, 0.4) is 0 Å². The van der Waals surface area contributed by atoms with E-state index in [-0.39, 0.29) is 5.92 Å². The van der Waals surface area contributed by atoms with E-state index in [0.717, 1.165) is 35.1 Å². The van der Waals surface area contributed by atoms with Gasteiger partial charge >= 0.3 is 0 Å². The Labute approximate surface area is 127 Å². The average molecular weight is 339 g/mol. The predicted molar refractivity (Wildman–Crippen MR) is 82.7 cm³/mol. The molecule has 7 heteroatoms. The van der Waals surface area contributed by atoms with Gasteiger partial charge in [0, 0.05) is 25.1 Å². The fraction of sp³-hybridized carbons (Fsp3) is 0.538. The third kappa shape index (κ3) is 2.67. The summed E-state index contributed by atoms with van der Waals surface area (Å²) in [4.78, 5) is 9.30. The van der Waals surface area contributed by atoms with Crippen molar-refractivity contribution < 1.29 is 0 Å². The number of hydrogen-bond donors (Lipinski definition) is 1. The van der Waals surface area contributed by atoms with E-state index in [1.165, 1.54) is 0 Å². The molecule has 0 unspecified atom stereocenters. The number of rotatable bonds is 4. The van der Waals surface area contributed by atoms with Crippen molar-refractivity contribution in [2.45, 2.75) is 33.6 Å². The Balaban J connectivity index is 2.68. The molecule has 20 heavy (non-hydrogen) atoms. The second-order valence-electron chi connectivity index (χ2n) is 4.94. The van der Waals surface area contributed by atoms with Gasteiger partial charge in [0.05, 0.1) is 5.69 Å². The SMILES string of the molecule is CCNc1nc(C(C)C)nc(-c2c(Br)nnn2C)c1C. The number of hydrogen-bond acceptors (Lipinski definition) is 5. The summed E-state index contributed by atoms with van der Waals surface area (Å²) >= 11 is 3.44. The quantitative estimate of drug-likeness (QED) is 0.928. The summed E-state index contributed by atoms with van der Waals surface area (Å²) < 4.78 is 2.41. The molecule has 0 saturated carbocycles. The third-order valence-corrected chi connectivity index (χ3v) is 3.57. The normalized spacial score (nSPS) is 11.2. The van der Waals surface area contributed by atoms with Crippen molar-refractivity contribution in [2.75, 3.05) is 11.9 Å². The zero-order valence-electron chi connectivity index (χ0n) is 12.4. The first kappa shape index (κ1) is 14.9. The van der Waals surface area contributed by atoms with Crippen molar-refractivity contribution in [2.24, 2.45) is 7.05 Å². The van der Waals surface area contributed by atoms with Gasteiger partial charge in [-0.1, -0.05) is 19.1 Å². The van der Waals surface area contributed by atoms with Crippen molar-refractivity contribution >= 4 is 21.7 Å². The lowest BCUT2D eigenvalue weighted by Gasteiger charge is -2.14. The number of anilines is 1. The highest BCUT2D eigenvalue weighted by molar-refractivity contribution is 9.10. The molecule has 2 aromatic heterocycles. The van der Waals surface area contributed by atoms with E-state index in [1.807, 2.05) is 14.0 Å². The summed E-state index contributed by atoms with van der Waals surface area (Å²) in [6, 6.07) is 0. The van der Waals surface area contributed by atoms with Gasteiger partial charge in [-0.25, -0.2) is 14.6 Å². The van der Waals surface area contributed by atoms with Gasteiger partial charge in [-0.3, -0.25) is 0 Å². The lowest BCUT2D eigenvalue weighted by Crippen LogP contribution is -2.10. The zero-order valence-corrected chi connectivity index (χ0v) is 14.0. The lowest BCUT2D eigenvalue weighted by molar-refractivity contribution is 0.714. The maximum atomic E-state index is 4.70.